The van der Waals surface area contributed by atoms with Crippen molar-refractivity contribution in [2.24, 2.45) is 5.16 Å². The Morgan fingerprint density at radius 3 is 1.89 bits per heavy atom. The Balaban J connectivity index is 1.05. The van der Waals surface area contributed by atoms with Crippen molar-refractivity contribution in [3.8, 4) is 0 Å². The van der Waals surface area contributed by atoms with Crippen LogP contribution in [0, 0.1) is 0 Å². The number of halogens is 1. The minimum absolute atomic E-state index is 0.0991. The summed E-state index contributed by atoms with van der Waals surface area (Å²) >= 11 is 5.01. The first-order valence-corrected chi connectivity index (χ1v) is 22.9. The Kier molecular flexibility index (Phi) is 13.1. The number of thiazole rings is 1. The van der Waals surface area contributed by atoms with Gasteiger partial charge in [-0.15, -0.1) is 23.1 Å². The number of amides is 2. The van der Waals surface area contributed by atoms with Crippen LogP contribution in [0.15, 0.2) is 186 Å². The summed E-state index contributed by atoms with van der Waals surface area (Å²) in [6.45, 7) is 0. The molecule has 2 N–H and O–H groups in total. The maximum absolute atomic E-state index is 14.3. The lowest BCUT2D eigenvalue weighted by molar-refractivity contribution is -0.154. The largest absolute Gasteiger partial charge is 0.448 e. The normalized spacial score (nSPS) is 16.5. The molecular weight excluding hydrogens is 918 g/mol. The number of alkyl halides is 1. The van der Waals surface area contributed by atoms with Gasteiger partial charge in [-0.2, -0.15) is 0 Å². The molecule has 2 atom stereocenters. The first kappa shape index (κ1) is 41.7. The topological polar surface area (TPSA) is 122 Å². The number of benzene rings is 5. The SMILES string of the molecule is CO/N=C(\C(=O)NC1C(=O)N2C(C(=O)OC(c3ccccc3)c3ccccc3)=C(/C=C/CI)CS[C@H]12)c1csc(NC(c2ccccc2)(c2ccccc2)c2ccccc2)n1. The highest BCUT2D eigenvalue weighted by Gasteiger charge is 2.55. The van der Waals surface area contributed by atoms with Gasteiger partial charge in [0.2, 0.25) is 0 Å². The third-order valence-electron chi connectivity index (χ3n) is 10.4. The molecule has 3 heterocycles. The second-order valence-corrected chi connectivity index (χ2v) is 16.9. The van der Waals surface area contributed by atoms with Crippen LogP contribution in [0.2, 0.25) is 0 Å². The summed E-state index contributed by atoms with van der Waals surface area (Å²) in [5.74, 6) is -1.29. The average molecular weight is 958 g/mol. The zero-order valence-corrected chi connectivity index (χ0v) is 36.7. The van der Waals surface area contributed by atoms with Crippen LogP contribution in [0.3, 0.4) is 0 Å². The van der Waals surface area contributed by atoms with E-state index in [1.807, 2.05) is 127 Å². The molecule has 5 aromatic carbocycles. The van der Waals surface area contributed by atoms with E-state index in [0.29, 0.717) is 20.9 Å². The lowest BCUT2D eigenvalue weighted by Gasteiger charge is -2.49. The number of fused-ring (bicyclic) bond motifs is 1. The summed E-state index contributed by atoms with van der Waals surface area (Å²) < 4.78 is 6.98. The van der Waals surface area contributed by atoms with Gasteiger partial charge in [0, 0.05) is 15.6 Å². The zero-order valence-electron chi connectivity index (χ0n) is 32.9. The van der Waals surface area contributed by atoms with Gasteiger partial charge >= 0.3 is 5.97 Å². The fourth-order valence-electron chi connectivity index (χ4n) is 7.58. The second kappa shape index (κ2) is 19.1. The van der Waals surface area contributed by atoms with Gasteiger partial charge in [-0.1, -0.05) is 192 Å². The molecule has 2 aliphatic rings. The Bertz CT molecular complexity index is 2440. The summed E-state index contributed by atoms with van der Waals surface area (Å²) in [6, 6.07) is 48.4. The number of esters is 1. The van der Waals surface area contributed by atoms with Crippen molar-refractivity contribution in [2.75, 3.05) is 22.6 Å². The Hall–Kier alpha value is -6.03. The molecule has 306 valence electrons. The van der Waals surface area contributed by atoms with Crippen molar-refractivity contribution in [2.45, 2.75) is 23.1 Å². The molecule has 0 bridgehead atoms. The van der Waals surface area contributed by atoms with E-state index in [4.69, 9.17) is 14.6 Å². The van der Waals surface area contributed by atoms with Crippen LogP contribution in [0.4, 0.5) is 5.13 Å². The molecule has 1 fully saturated rings. The number of hydrogen-bond acceptors (Lipinski definition) is 10. The number of nitrogens with zero attached hydrogens (tertiary/aromatic N) is 3. The zero-order chi connectivity index (χ0) is 42.2. The van der Waals surface area contributed by atoms with E-state index in [2.05, 4.69) is 74.8 Å². The van der Waals surface area contributed by atoms with Crippen LogP contribution in [0.5, 0.6) is 0 Å². The molecule has 13 heteroatoms. The average Bonchev–Trinajstić information content (AvgIpc) is 3.79. The molecule has 2 amide bonds. The number of carbonyl (C=O) groups is 3. The molecule has 0 radical (unpaired) electrons. The molecule has 0 spiro atoms. The van der Waals surface area contributed by atoms with Crippen molar-refractivity contribution in [3.05, 3.63) is 214 Å². The number of hydrogen-bond donors (Lipinski definition) is 2. The van der Waals surface area contributed by atoms with E-state index in [1.54, 1.807) is 5.38 Å². The van der Waals surface area contributed by atoms with Crippen LogP contribution in [0.1, 0.15) is 39.6 Å². The van der Waals surface area contributed by atoms with E-state index in [-0.39, 0.29) is 17.1 Å². The summed E-state index contributed by atoms with van der Waals surface area (Å²) in [5, 5.41) is 12.4. The number of thioether (sulfide) groups is 1. The molecule has 1 aromatic heterocycles. The van der Waals surface area contributed by atoms with Gasteiger partial charge in [-0.25, -0.2) is 9.78 Å². The van der Waals surface area contributed by atoms with E-state index in [0.717, 1.165) is 27.8 Å². The molecule has 0 saturated carbocycles. The lowest BCUT2D eigenvalue weighted by atomic mass is 9.77. The molecule has 10 nitrogen and oxygen atoms in total. The highest BCUT2D eigenvalue weighted by molar-refractivity contribution is 14.1. The summed E-state index contributed by atoms with van der Waals surface area (Å²) in [4.78, 5) is 54.0. The number of nitrogens with one attached hydrogen (secondary N) is 2. The Morgan fingerprint density at radius 1 is 0.852 bits per heavy atom. The third-order valence-corrected chi connectivity index (χ3v) is 12.9. The van der Waals surface area contributed by atoms with E-state index < -0.39 is 40.8 Å². The summed E-state index contributed by atoms with van der Waals surface area (Å²) in [6.07, 6.45) is 3.10. The van der Waals surface area contributed by atoms with Crippen LogP contribution in [0.25, 0.3) is 0 Å². The number of carbonyl (C=O) groups excluding carboxylic acids is 3. The van der Waals surface area contributed by atoms with Crippen molar-refractivity contribution < 1.29 is 24.0 Å². The van der Waals surface area contributed by atoms with E-state index >= 15 is 0 Å². The lowest BCUT2D eigenvalue weighted by Crippen LogP contribution is -2.71. The number of oxime groups is 1. The predicted molar refractivity (Wildman–Crippen MR) is 249 cm³/mol. The summed E-state index contributed by atoms with van der Waals surface area (Å²) in [5.41, 5.74) is 4.72. The van der Waals surface area contributed by atoms with Gasteiger partial charge in [0.1, 0.15) is 35.5 Å². The molecule has 61 heavy (non-hydrogen) atoms. The van der Waals surface area contributed by atoms with Crippen LogP contribution in [-0.4, -0.2) is 62.1 Å². The molecule has 1 saturated heterocycles. The third kappa shape index (κ3) is 8.63. The second-order valence-electron chi connectivity index (χ2n) is 14.0. The number of ether oxygens (including phenoxy) is 1. The van der Waals surface area contributed by atoms with Gasteiger partial charge in [0.25, 0.3) is 11.8 Å². The maximum Gasteiger partial charge on any atom is 0.356 e. The molecular formula is C48H40IN5O5S2. The summed E-state index contributed by atoms with van der Waals surface area (Å²) in [7, 11) is 1.35. The van der Waals surface area contributed by atoms with E-state index in [1.165, 1.54) is 35.1 Å². The molecule has 8 rings (SSSR count). The van der Waals surface area contributed by atoms with Crippen molar-refractivity contribution in [1.29, 1.82) is 0 Å². The minimum Gasteiger partial charge on any atom is -0.448 e. The number of rotatable bonds is 15. The Morgan fingerprint density at radius 2 is 1.38 bits per heavy atom. The van der Waals surface area contributed by atoms with Gasteiger partial charge in [0.15, 0.2) is 16.9 Å². The maximum atomic E-state index is 14.3. The van der Waals surface area contributed by atoms with Crippen LogP contribution < -0.4 is 10.6 Å². The van der Waals surface area contributed by atoms with Crippen molar-refractivity contribution in [1.82, 2.24) is 15.2 Å². The van der Waals surface area contributed by atoms with Gasteiger partial charge in [0.05, 0.1) is 0 Å². The standard InChI is InChI=1S/C48H40IN5O5S2/c1-58-53-39(38-31-61-47(50-38)52-48(35-23-11-4-12-24-35,36-25-13-5-14-26-36)37-27-15-6-16-28-37)43(55)51-40-44(56)54-41(34(22-17-29-49)30-60-45(40)54)46(57)59-42(32-18-7-2-8-19-32)33-20-9-3-10-21-33/h2-28,31,40,42,45H,29-30H2,1H3,(H,50,52)(H,51,55)/b22-17+,53-39-/t40?,45-/m1/s1. The molecule has 1 unspecified atom stereocenters. The highest BCUT2D eigenvalue weighted by atomic mass is 127. The first-order chi connectivity index (χ1) is 29.9. The quantitative estimate of drug-likeness (QED) is 0.0199. The minimum atomic E-state index is -0.949. The predicted octanol–water partition coefficient (Wildman–Crippen LogP) is 8.88. The van der Waals surface area contributed by atoms with Crippen molar-refractivity contribution in [3.63, 3.8) is 0 Å². The van der Waals surface area contributed by atoms with Crippen LogP contribution in [-0.2, 0) is 29.5 Å². The van der Waals surface area contributed by atoms with Crippen LogP contribution >= 0.6 is 45.7 Å². The monoisotopic (exact) mass is 957 g/mol. The van der Waals surface area contributed by atoms with Crippen molar-refractivity contribution >= 4 is 74.3 Å². The molecule has 6 aromatic rings. The first-order valence-electron chi connectivity index (χ1n) is 19.5. The smallest absolute Gasteiger partial charge is 0.356 e. The number of aromatic nitrogens is 1. The van der Waals surface area contributed by atoms with E-state index in [9.17, 15) is 14.4 Å². The van der Waals surface area contributed by atoms with Gasteiger partial charge in [-0.3, -0.25) is 14.5 Å². The fraction of sp³-hybridized carbons (Fsp3) is 0.146. The number of β-lactam (4-membered cyclic amide) rings is 1. The Labute approximate surface area is 375 Å². The van der Waals surface area contributed by atoms with Gasteiger partial charge < -0.3 is 20.2 Å². The fourth-order valence-corrected chi connectivity index (χ4v) is 9.90. The number of anilines is 1. The highest BCUT2D eigenvalue weighted by Crippen LogP contribution is 2.43. The number of allylic oxidation sites excluding steroid dienone is 2. The molecule has 2 aliphatic heterocycles. The molecule has 0 aliphatic carbocycles. The van der Waals surface area contributed by atoms with Gasteiger partial charge in [-0.05, 0) is 33.4 Å².